The first kappa shape index (κ1) is 16.6. The second kappa shape index (κ2) is 7.51. The fraction of sp³-hybridized carbons (Fsp3) is 0.211. The number of benzene rings is 2. The fourth-order valence-electron chi connectivity index (χ4n) is 2.64. The van der Waals surface area contributed by atoms with Gasteiger partial charge in [0, 0.05) is 0 Å². The standard InChI is InChI=1S/C19H19ClN2O2/c1-2-7-14-8-3-6-11-18(14)24-13-15(23)12-22-17-10-5-4-9-16(17)21-19(22)20/h2-6,8-11,15,23H,1,7,12-13H2. The molecular weight excluding hydrogens is 324 g/mol. The molecule has 1 aromatic heterocycles. The average molecular weight is 343 g/mol. The van der Waals surface area contributed by atoms with Gasteiger partial charge in [0.25, 0.3) is 0 Å². The van der Waals surface area contributed by atoms with Gasteiger partial charge in [0.1, 0.15) is 18.5 Å². The molecule has 0 amide bonds. The van der Waals surface area contributed by atoms with Gasteiger partial charge in [0.15, 0.2) is 0 Å². The Morgan fingerprint density at radius 2 is 1.96 bits per heavy atom. The van der Waals surface area contributed by atoms with Crippen LogP contribution in [-0.4, -0.2) is 27.4 Å². The van der Waals surface area contributed by atoms with Crippen LogP contribution in [0.1, 0.15) is 5.56 Å². The number of ether oxygens (including phenoxy) is 1. The highest BCUT2D eigenvalue weighted by Crippen LogP contribution is 2.21. The van der Waals surface area contributed by atoms with Crippen LogP contribution >= 0.6 is 11.6 Å². The number of halogens is 1. The topological polar surface area (TPSA) is 47.3 Å². The molecule has 0 saturated heterocycles. The molecule has 0 aliphatic carbocycles. The maximum absolute atomic E-state index is 10.3. The van der Waals surface area contributed by atoms with E-state index in [2.05, 4.69) is 11.6 Å². The predicted molar refractivity (Wildman–Crippen MR) is 96.6 cm³/mol. The van der Waals surface area contributed by atoms with Crippen molar-refractivity contribution < 1.29 is 9.84 Å². The van der Waals surface area contributed by atoms with Gasteiger partial charge in [-0.1, -0.05) is 36.4 Å². The first-order valence-corrected chi connectivity index (χ1v) is 8.17. The Hall–Kier alpha value is -2.30. The summed E-state index contributed by atoms with van der Waals surface area (Å²) >= 11 is 6.18. The molecule has 0 aliphatic rings. The molecule has 1 unspecified atom stereocenters. The van der Waals surface area contributed by atoms with Gasteiger partial charge in [-0.25, -0.2) is 4.98 Å². The van der Waals surface area contributed by atoms with Crippen molar-refractivity contribution in [2.24, 2.45) is 0 Å². The smallest absolute Gasteiger partial charge is 0.203 e. The van der Waals surface area contributed by atoms with E-state index in [1.165, 1.54) is 0 Å². The summed E-state index contributed by atoms with van der Waals surface area (Å²) in [7, 11) is 0. The average Bonchev–Trinajstić information content (AvgIpc) is 2.90. The molecule has 5 heteroatoms. The summed E-state index contributed by atoms with van der Waals surface area (Å²) in [5.74, 6) is 0.762. The zero-order valence-corrected chi connectivity index (χ0v) is 14.0. The number of nitrogens with zero attached hydrogens (tertiary/aromatic N) is 2. The van der Waals surface area contributed by atoms with Crippen LogP contribution in [0.5, 0.6) is 5.75 Å². The lowest BCUT2D eigenvalue weighted by atomic mass is 10.1. The van der Waals surface area contributed by atoms with E-state index in [0.717, 1.165) is 28.8 Å². The van der Waals surface area contributed by atoms with Gasteiger partial charge in [-0.3, -0.25) is 0 Å². The third kappa shape index (κ3) is 3.61. The highest BCUT2D eigenvalue weighted by atomic mass is 35.5. The van der Waals surface area contributed by atoms with Gasteiger partial charge in [-0.05, 0) is 41.8 Å². The third-order valence-electron chi connectivity index (χ3n) is 3.77. The molecule has 3 aromatic rings. The van der Waals surface area contributed by atoms with Gasteiger partial charge in [0.05, 0.1) is 17.6 Å². The van der Waals surface area contributed by atoms with E-state index < -0.39 is 6.10 Å². The number of hydrogen-bond acceptors (Lipinski definition) is 3. The van der Waals surface area contributed by atoms with Gasteiger partial charge >= 0.3 is 0 Å². The van der Waals surface area contributed by atoms with Crippen LogP contribution < -0.4 is 4.74 Å². The van der Waals surface area contributed by atoms with Crippen molar-refractivity contribution >= 4 is 22.6 Å². The number of allylic oxidation sites excluding steroid dienone is 1. The number of fused-ring (bicyclic) bond motifs is 1. The van der Waals surface area contributed by atoms with E-state index in [1.807, 2.05) is 54.6 Å². The zero-order valence-electron chi connectivity index (χ0n) is 13.2. The molecule has 0 aliphatic heterocycles. The van der Waals surface area contributed by atoms with Gasteiger partial charge in [-0.15, -0.1) is 6.58 Å². The zero-order chi connectivity index (χ0) is 16.9. The minimum atomic E-state index is -0.697. The molecule has 0 fully saturated rings. The van der Waals surface area contributed by atoms with Crippen LogP contribution in [-0.2, 0) is 13.0 Å². The molecule has 3 rings (SSSR count). The molecule has 0 radical (unpaired) electrons. The third-order valence-corrected chi connectivity index (χ3v) is 4.06. The molecule has 1 heterocycles. The van der Waals surface area contributed by atoms with Crippen LogP contribution in [0.2, 0.25) is 5.28 Å². The van der Waals surface area contributed by atoms with Crippen molar-refractivity contribution in [1.29, 1.82) is 0 Å². The Kier molecular flexibility index (Phi) is 5.18. The van der Waals surface area contributed by atoms with E-state index in [1.54, 1.807) is 4.57 Å². The molecule has 1 N–H and O–H groups in total. The monoisotopic (exact) mass is 342 g/mol. The SMILES string of the molecule is C=CCc1ccccc1OCC(O)Cn1c(Cl)nc2ccccc21. The van der Waals surface area contributed by atoms with Gasteiger partial charge in [0.2, 0.25) is 5.28 Å². The molecule has 0 bridgehead atoms. The van der Waals surface area contributed by atoms with Crippen molar-refractivity contribution in [3.63, 3.8) is 0 Å². The van der Waals surface area contributed by atoms with Crippen molar-refractivity contribution in [1.82, 2.24) is 9.55 Å². The number of rotatable bonds is 7. The fourth-order valence-corrected chi connectivity index (χ4v) is 2.89. The quantitative estimate of drug-likeness (QED) is 0.663. The highest BCUT2D eigenvalue weighted by molar-refractivity contribution is 6.29. The van der Waals surface area contributed by atoms with E-state index in [9.17, 15) is 5.11 Å². The number of imidazole rings is 1. The second-order valence-electron chi connectivity index (χ2n) is 5.55. The van der Waals surface area contributed by atoms with Crippen molar-refractivity contribution in [3.8, 4) is 5.75 Å². The molecule has 2 aromatic carbocycles. The highest BCUT2D eigenvalue weighted by Gasteiger charge is 2.14. The lowest BCUT2D eigenvalue weighted by Gasteiger charge is -2.16. The van der Waals surface area contributed by atoms with E-state index >= 15 is 0 Å². The van der Waals surface area contributed by atoms with Crippen LogP contribution in [0.4, 0.5) is 0 Å². The number of aliphatic hydroxyl groups is 1. The molecule has 4 nitrogen and oxygen atoms in total. The lowest BCUT2D eigenvalue weighted by molar-refractivity contribution is 0.0931. The summed E-state index contributed by atoms with van der Waals surface area (Å²) in [6, 6.07) is 15.4. The number of aliphatic hydroxyl groups excluding tert-OH is 1. The summed E-state index contributed by atoms with van der Waals surface area (Å²) in [5.41, 5.74) is 2.76. The maximum atomic E-state index is 10.3. The normalized spacial score (nSPS) is 12.2. The Morgan fingerprint density at radius 3 is 2.79 bits per heavy atom. The Bertz CT molecular complexity index is 844. The largest absolute Gasteiger partial charge is 0.491 e. The van der Waals surface area contributed by atoms with Crippen LogP contribution in [0.25, 0.3) is 11.0 Å². The molecule has 0 saturated carbocycles. The number of hydrogen-bond donors (Lipinski definition) is 1. The number of para-hydroxylation sites is 3. The van der Waals surface area contributed by atoms with Crippen LogP contribution in [0.3, 0.4) is 0 Å². The van der Waals surface area contributed by atoms with Crippen molar-refractivity contribution in [3.05, 3.63) is 72.0 Å². The summed E-state index contributed by atoms with van der Waals surface area (Å²) in [5, 5.41) is 10.7. The minimum absolute atomic E-state index is 0.178. The first-order valence-electron chi connectivity index (χ1n) is 7.79. The lowest BCUT2D eigenvalue weighted by Crippen LogP contribution is -2.24. The molecular formula is C19H19ClN2O2. The van der Waals surface area contributed by atoms with E-state index in [-0.39, 0.29) is 6.61 Å². The Morgan fingerprint density at radius 1 is 1.21 bits per heavy atom. The predicted octanol–water partition coefficient (Wildman–Crippen LogP) is 3.86. The molecule has 0 spiro atoms. The minimum Gasteiger partial charge on any atom is -0.491 e. The first-order chi connectivity index (χ1) is 11.7. The molecule has 124 valence electrons. The Balaban J connectivity index is 1.69. The van der Waals surface area contributed by atoms with Crippen molar-refractivity contribution in [2.45, 2.75) is 19.1 Å². The van der Waals surface area contributed by atoms with E-state index in [4.69, 9.17) is 16.3 Å². The maximum Gasteiger partial charge on any atom is 0.203 e. The van der Waals surface area contributed by atoms with Crippen LogP contribution in [0, 0.1) is 0 Å². The summed E-state index contributed by atoms with van der Waals surface area (Å²) in [4.78, 5) is 4.29. The van der Waals surface area contributed by atoms with Gasteiger partial charge in [-0.2, -0.15) is 0 Å². The summed E-state index contributed by atoms with van der Waals surface area (Å²) in [6.07, 6.45) is 1.86. The number of aromatic nitrogens is 2. The van der Waals surface area contributed by atoms with Gasteiger partial charge < -0.3 is 14.4 Å². The summed E-state index contributed by atoms with van der Waals surface area (Å²) in [6.45, 7) is 4.25. The molecule has 24 heavy (non-hydrogen) atoms. The summed E-state index contributed by atoms with van der Waals surface area (Å²) < 4.78 is 7.57. The van der Waals surface area contributed by atoms with Crippen molar-refractivity contribution in [2.75, 3.05) is 6.61 Å². The Labute approximate surface area is 146 Å². The molecule has 1 atom stereocenters. The van der Waals surface area contributed by atoms with E-state index in [0.29, 0.717) is 11.8 Å². The van der Waals surface area contributed by atoms with Crippen LogP contribution in [0.15, 0.2) is 61.2 Å². The second-order valence-corrected chi connectivity index (χ2v) is 5.88.